The highest BCUT2D eigenvalue weighted by Crippen LogP contribution is 2.43. The van der Waals surface area contributed by atoms with Gasteiger partial charge >= 0.3 is 0 Å². The van der Waals surface area contributed by atoms with E-state index < -0.39 is 16.1 Å². The summed E-state index contributed by atoms with van der Waals surface area (Å²) in [5.41, 5.74) is 0.610. The van der Waals surface area contributed by atoms with E-state index >= 15 is 0 Å². The molecule has 0 spiro atoms. The van der Waals surface area contributed by atoms with Crippen LogP contribution in [-0.4, -0.2) is 38.4 Å². The van der Waals surface area contributed by atoms with Crippen molar-refractivity contribution in [2.75, 3.05) is 17.4 Å². The van der Waals surface area contributed by atoms with E-state index in [1.165, 1.54) is 4.31 Å². The van der Waals surface area contributed by atoms with Gasteiger partial charge < -0.3 is 4.90 Å². The molecule has 0 aliphatic carbocycles. The molecule has 1 saturated heterocycles. The first kappa shape index (κ1) is 16.4. The van der Waals surface area contributed by atoms with Gasteiger partial charge in [0.25, 0.3) is 10.0 Å². The third kappa shape index (κ3) is 2.42. The van der Waals surface area contributed by atoms with E-state index in [9.17, 15) is 13.2 Å². The number of carbonyl (C=O) groups is 1. The molecule has 2 atom stereocenters. The maximum absolute atomic E-state index is 13.1. The fraction of sp³-hybridized carbons (Fsp3) is 0.421. The lowest BCUT2D eigenvalue weighted by molar-refractivity contribution is -0.133. The SMILES string of the molecule is C[C@@H]1CCCN(C(=O)[C@@H](C)N2c3cccc4cccc(c34)S2(=O)=O)C1. The van der Waals surface area contributed by atoms with E-state index in [0.29, 0.717) is 29.6 Å². The smallest absolute Gasteiger partial charge is 0.265 e. The van der Waals surface area contributed by atoms with Crippen LogP contribution in [0.2, 0.25) is 0 Å². The molecule has 2 aliphatic rings. The second-order valence-corrected chi connectivity index (χ2v) is 8.92. The summed E-state index contributed by atoms with van der Waals surface area (Å²) in [6.45, 7) is 5.24. The fourth-order valence-corrected chi connectivity index (χ4v) is 5.95. The van der Waals surface area contributed by atoms with Crippen LogP contribution < -0.4 is 4.31 Å². The summed E-state index contributed by atoms with van der Waals surface area (Å²) in [6, 6.07) is 10.1. The van der Waals surface area contributed by atoms with Crippen LogP contribution in [0, 0.1) is 5.92 Å². The molecule has 2 aromatic carbocycles. The van der Waals surface area contributed by atoms with Gasteiger partial charge in [0.1, 0.15) is 6.04 Å². The Labute approximate surface area is 148 Å². The standard InChI is InChI=1S/C19H22N2O3S/c1-13-6-5-11-20(12-13)19(22)14(2)21-16-9-3-7-15-8-4-10-17(18(15)16)25(21,23)24/h3-4,7-10,13-14H,5-6,11-12H2,1-2H3/t13-,14-/m1/s1. The van der Waals surface area contributed by atoms with Gasteiger partial charge in [0.05, 0.1) is 10.6 Å². The van der Waals surface area contributed by atoms with Crippen molar-refractivity contribution in [2.45, 2.75) is 37.6 Å². The molecule has 0 bridgehead atoms. The number of piperidine rings is 1. The van der Waals surface area contributed by atoms with E-state index in [1.807, 2.05) is 23.1 Å². The predicted octanol–water partition coefficient (Wildman–Crippen LogP) is 3.00. The number of amides is 1. The van der Waals surface area contributed by atoms with Crippen molar-refractivity contribution >= 4 is 32.4 Å². The van der Waals surface area contributed by atoms with Crippen LogP contribution >= 0.6 is 0 Å². The third-order valence-electron chi connectivity index (χ3n) is 5.30. The number of anilines is 1. The molecule has 0 aromatic heterocycles. The van der Waals surface area contributed by atoms with E-state index in [2.05, 4.69) is 6.92 Å². The highest BCUT2D eigenvalue weighted by Gasteiger charge is 2.42. The zero-order valence-corrected chi connectivity index (χ0v) is 15.3. The number of carbonyl (C=O) groups excluding carboxylic acids is 1. The lowest BCUT2D eigenvalue weighted by Gasteiger charge is -2.35. The molecule has 1 amide bonds. The second kappa shape index (κ2) is 5.73. The maximum atomic E-state index is 13.1. The number of likely N-dealkylation sites (tertiary alicyclic amines) is 1. The average molecular weight is 358 g/mol. The van der Waals surface area contributed by atoms with Crippen LogP contribution in [0.4, 0.5) is 5.69 Å². The number of hydrogen-bond donors (Lipinski definition) is 0. The summed E-state index contributed by atoms with van der Waals surface area (Å²) in [4.78, 5) is 15.1. The lowest BCUT2D eigenvalue weighted by Crippen LogP contribution is -2.50. The van der Waals surface area contributed by atoms with E-state index in [0.717, 1.165) is 23.6 Å². The number of rotatable bonds is 2. The summed E-state index contributed by atoms with van der Waals surface area (Å²) in [6.07, 6.45) is 2.09. The minimum atomic E-state index is -3.71. The molecule has 6 heteroatoms. The molecular weight excluding hydrogens is 336 g/mol. The monoisotopic (exact) mass is 358 g/mol. The van der Waals surface area contributed by atoms with Crippen molar-refractivity contribution in [3.05, 3.63) is 36.4 Å². The molecule has 2 heterocycles. The molecular formula is C19H22N2O3S. The van der Waals surface area contributed by atoms with E-state index in [4.69, 9.17) is 0 Å². The van der Waals surface area contributed by atoms with Crippen molar-refractivity contribution < 1.29 is 13.2 Å². The van der Waals surface area contributed by atoms with E-state index in [-0.39, 0.29) is 5.91 Å². The highest BCUT2D eigenvalue weighted by molar-refractivity contribution is 7.93. The molecule has 0 N–H and O–H groups in total. The zero-order chi connectivity index (χ0) is 17.8. The normalized spacial score (nSPS) is 23.0. The Hall–Kier alpha value is -2.08. The van der Waals surface area contributed by atoms with Gasteiger partial charge in [-0.25, -0.2) is 8.42 Å². The molecule has 132 valence electrons. The van der Waals surface area contributed by atoms with Gasteiger partial charge in [0.15, 0.2) is 0 Å². The van der Waals surface area contributed by atoms with Gasteiger partial charge in [-0.3, -0.25) is 9.10 Å². The van der Waals surface area contributed by atoms with Crippen LogP contribution in [0.3, 0.4) is 0 Å². The minimum absolute atomic E-state index is 0.111. The minimum Gasteiger partial charge on any atom is -0.341 e. The Morgan fingerprint density at radius 1 is 1.20 bits per heavy atom. The molecule has 2 aliphatic heterocycles. The van der Waals surface area contributed by atoms with Gasteiger partial charge in [0, 0.05) is 18.5 Å². The Morgan fingerprint density at radius 3 is 2.64 bits per heavy atom. The summed E-state index contributed by atoms with van der Waals surface area (Å²) in [5.74, 6) is 0.348. The van der Waals surface area contributed by atoms with Gasteiger partial charge in [-0.1, -0.05) is 31.2 Å². The molecule has 0 radical (unpaired) electrons. The largest absolute Gasteiger partial charge is 0.341 e. The summed E-state index contributed by atoms with van der Waals surface area (Å²) in [7, 11) is -3.71. The Bertz CT molecular complexity index is 949. The van der Waals surface area contributed by atoms with Crippen LogP contribution in [0.1, 0.15) is 26.7 Å². The molecule has 25 heavy (non-hydrogen) atoms. The summed E-state index contributed by atoms with van der Waals surface area (Å²) < 4.78 is 27.5. The number of hydrogen-bond acceptors (Lipinski definition) is 3. The molecule has 0 saturated carbocycles. The third-order valence-corrected chi connectivity index (χ3v) is 7.22. The molecule has 1 fully saturated rings. The topological polar surface area (TPSA) is 57.7 Å². The molecule has 2 aromatic rings. The number of nitrogens with zero attached hydrogens (tertiary/aromatic N) is 2. The quantitative estimate of drug-likeness (QED) is 0.829. The van der Waals surface area contributed by atoms with Crippen molar-refractivity contribution in [2.24, 2.45) is 5.92 Å². The number of sulfonamides is 1. The van der Waals surface area contributed by atoms with Crippen molar-refractivity contribution in [3.8, 4) is 0 Å². The lowest BCUT2D eigenvalue weighted by atomic mass is 9.99. The van der Waals surface area contributed by atoms with Gasteiger partial charge in [-0.05, 0) is 43.2 Å². The van der Waals surface area contributed by atoms with E-state index in [1.54, 1.807) is 25.1 Å². The van der Waals surface area contributed by atoms with Gasteiger partial charge in [-0.2, -0.15) is 0 Å². The fourth-order valence-electron chi connectivity index (χ4n) is 4.09. The first-order valence-electron chi connectivity index (χ1n) is 8.76. The van der Waals surface area contributed by atoms with Crippen LogP contribution in [0.25, 0.3) is 10.8 Å². The Balaban J connectivity index is 1.76. The summed E-state index contributed by atoms with van der Waals surface area (Å²) >= 11 is 0. The Kier molecular flexibility index (Phi) is 3.76. The van der Waals surface area contributed by atoms with Gasteiger partial charge in [0.2, 0.25) is 5.91 Å². The van der Waals surface area contributed by atoms with Crippen molar-refractivity contribution in [1.29, 1.82) is 0 Å². The molecule has 5 nitrogen and oxygen atoms in total. The van der Waals surface area contributed by atoms with Crippen LogP contribution in [0.5, 0.6) is 0 Å². The predicted molar refractivity (Wildman–Crippen MR) is 98.1 cm³/mol. The molecule has 4 rings (SSSR count). The van der Waals surface area contributed by atoms with Crippen molar-refractivity contribution in [3.63, 3.8) is 0 Å². The van der Waals surface area contributed by atoms with Crippen molar-refractivity contribution in [1.82, 2.24) is 4.90 Å². The Morgan fingerprint density at radius 2 is 1.92 bits per heavy atom. The zero-order valence-electron chi connectivity index (χ0n) is 14.5. The second-order valence-electron chi connectivity index (χ2n) is 7.14. The van der Waals surface area contributed by atoms with Crippen LogP contribution in [-0.2, 0) is 14.8 Å². The molecule has 0 unspecified atom stereocenters. The first-order chi connectivity index (χ1) is 11.9. The average Bonchev–Trinajstić information content (AvgIpc) is 2.83. The highest BCUT2D eigenvalue weighted by atomic mass is 32.2. The van der Waals surface area contributed by atoms with Gasteiger partial charge in [-0.15, -0.1) is 0 Å². The number of benzene rings is 2. The summed E-state index contributed by atoms with van der Waals surface area (Å²) in [5, 5.41) is 1.60. The van der Waals surface area contributed by atoms with Crippen LogP contribution in [0.15, 0.2) is 41.3 Å². The maximum Gasteiger partial charge on any atom is 0.265 e. The first-order valence-corrected chi connectivity index (χ1v) is 10.2.